The van der Waals surface area contributed by atoms with Gasteiger partial charge in [0.05, 0.1) is 13.7 Å². The zero-order valence-corrected chi connectivity index (χ0v) is 18.8. The first kappa shape index (κ1) is 22.9. The number of methoxy groups -OCH3 is 1. The van der Waals surface area contributed by atoms with E-state index in [0.29, 0.717) is 24.9 Å². The topological polar surface area (TPSA) is 15.7 Å². The lowest BCUT2D eigenvalue weighted by Crippen LogP contribution is -2.41. The van der Waals surface area contributed by atoms with Crippen LogP contribution < -0.4 is 4.74 Å². The van der Waals surface area contributed by atoms with Gasteiger partial charge >= 0.3 is 6.18 Å². The van der Waals surface area contributed by atoms with Crippen molar-refractivity contribution < 1.29 is 17.9 Å². The summed E-state index contributed by atoms with van der Waals surface area (Å²) in [5.41, 5.74) is 1.31. The van der Waals surface area contributed by atoms with Gasteiger partial charge in [0.1, 0.15) is 5.75 Å². The van der Waals surface area contributed by atoms with Crippen molar-refractivity contribution in [1.82, 2.24) is 9.80 Å². The third kappa shape index (κ3) is 7.44. The SMILES string of the molecule is COc1ccc(Br)c(CC2CCN(CCC3CCN(CC(F)(F)F)CC3)CC2)c1. The van der Waals surface area contributed by atoms with Gasteiger partial charge in [-0.2, -0.15) is 13.2 Å². The van der Waals surface area contributed by atoms with E-state index in [1.165, 1.54) is 18.4 Å². The van der Waals surface area contributed by atoms with Crippen LogP contribution in [0.25, 0.3) is 0 Å². The highest BCUT2D eigenvalue weighted by atomic mass is 79.9. The van der Waals surface area contributed by atoms with Crippen molar-refractivity contribution in [3.8, 4) is 5.75 Å². The molecule has 0 saturated carbocycles. The molecular formula is C22H32BrF3N2O. The van der Waals surface area contributed by atoms with Crippen LogP contribution in [0.15, 0.2) is 22.7 Å². The quantitative estimate of drug-likeness (QED) is 0.525. The van der Waals surface area contributed by atoms with Gasteiger partial charge in [-0.1, -0.05) is 15.9 Å². The van der Waals surface area contributed by atoms with Crippen LogP contribution in [-0.4, -0.2) is 62.4 Å². The van der Waals surface area contributed by atoms with Crippen molar-refractivity contribution in [2.45, 2.75) is 44.7 Å². The molecule has 0 spiro atoms. The molecule has 1 aromatic carbocycles. The van der Waals surface area contributed by atoms with Gasteiger partial charge in [0.25, 0.3) is 0 Å². The first-order valence-electron chi connectivity index (χ1n) is 10.7. The third-order valence-electron chi connectivity index (χ3n) is 6.43. The Labute approximate surface area is 180 Å². The van der Waals surface area contributed by atoms with Gasteiger partial charge < -0.3 is 9.64 Å². The van der Waals surface area contributed by atoms with Crippen LogP contribution in [-0.2, 0) is 6.42 Å². The minimum Gasteiger partial charge on any atom is -0.497 e. The average Bonchev–Trinajstić information content (AvgIpc) is 2.69. The fourth-order valence-electron chi connectivity index (χ4n) is 4.61. The summed E-state index contributed by atoms with van der Waals surface area (Å²) in [5, 5.41) is 0. The van der Waals surface area contributed by atoms with Crippen molar-refractivity contribution in [2.75, 3.05) is 46.4 Å². The molecule has 2 fully saturated rings. The molecule has 0 bridgehead atoms. The van der Waals surface area contributed by atoms with Crippen LogP contribution in [0.3, 0.4) is 0 Å². The number of hydrogen-bond donors (Lipinski definition) is 0. The van der Waals surface area contributed by atoms with Gasteiger partial charge in [0.2, 0.25) is 0 Å². The molecule has 7 heteroatoms. The summed E-state index contributed by atoms with van der Waals surface area (Å²) >= 11 is 3.66. The predicted octanol–water partition coefficient (Wildman–Crippen LogP) is 5.38. The number of ether oxygens (including phenoxy) is 1. The zero-order chi connectivity index (χ0) is 20.9. The Kier molecular flexibility index (Phi) is 8.28. The molecule has 164 valence electrons. The van der Waals surface area contributed by atoms with Crippen LogP contribution >= 0.6 is 15.9 Å². The van der Waals surface area contributed by atoms with Crippen LogP contribution in [0.4, 0.5) is 13.2 Å². The van der Waals surface area contributed by atoms with Gasteiger partial charge in [-0.05, 0) is 107 Å². The van der Waals surface area contributed by atoms with Crippen LogP contribution in [0.5, 0.6) is 5.75 Å². The first-order valence-corrected chi connectivity index (χ1v) is 11.5. The molecule has 2 saturated heterocycles. The first-order chi connectivity index (χ1) is 13.8. The molecule has 1 aromatic rings. The van der Waals surface area contributed by atoms with Crippen molar-refractivity contribution in [1.29, 1.82) is 0 Å². The maximum atomic E-state index is 12.5. The number of halogens is 4. The predicted molar refractivity (Wildman–Crippen MR) is 113 cm³/mol. The number of nitrogens with zero attached hydrogens (tertiary/aromatic N) is 2. The highest BCUT2D eigenvalue weighted by Crippen LogP contribution is 2.29. The lowest BCUT2D eigenvalue weighted by molar-refractivity contribution is -0.148. The van der Waals surface area contributed by atoms with E-state index in [4.69, 9.17) is 4.74 Å². The van der Waals surface area contributed by atoms with Crippen molar-refractivity contribution in [3.05, 3.63) is 28.2 Å². The minimum atomic E-state index is -4.07. The van der Waals surface area contributed by atoms with Crippen molar-refractivity contribution in [2.24, 2.45) is 11.8 Å². The summed E-state index contributed by atoms with van der Waals surface area (Å²) in [6, 6.07) is 6.16. The van der Waals surface area contributed by atoms with E-state index in [1.807, 2.05) is 6.07 Å². The molecule has 0 aromatic heterocycles. The van der Waals surface area contributed by atoms with E-state index in [2.05, 4.69) is 33.0 Å². The van der Waals surface area contributed by atoms with Gasteiger partial charge in [0, 0.05) is 4.47 Å². The molecule has 29 heavy (non-hydrogen) atoms. The number of piperidine rings is 2. The van der Waals surface area contributed by atoms with Crippen molar-refractivity contribution >= 4 is 15.9 Å². The third-order valence-corrected chi connectivity index (χ3v) is 7.21. The number of benzene rings is 1. The second kappa shape index (κ2) is 10.5. The molecule has 3 nitrogen and oxygen atoms in total. The van der Waals surface area contributed by atoms with Crippen LogP contribution in [0, 0.1) is 11.8 Å². The van der Waals surface area contributed by atoms with Crippen molar-refractivity contribution in [3.63, 3.8) is 0 Å². The van der Waals surface area contributed by atoms with E-state index in [0.717, 1.165) is 55.5 Å². The molecular weight excluding hydrogens is 445 g/mol. The van der Waals surface area contributed by atoms with E-state index in [1.54, 1.807) is 12.0 Å². The molecule has 2 aliphatic heterocycles. The second-order valence-corrected chi connectivity index (χ2v) is 9.42. The van der Waals surface area contributed by atoms with Crippen LogP contribution in [0.2, 0.25) is 0 Å². The lowest BCUT2D eigenvalue weighted by Gasteiger charge is -2.35. The smallest absolute Gasteiger partial charge is 0.401 e. The van der Waals surface area contributed by atoms with Gasteiger partial charge in [-0.3, -0.25) is 4.90 Å². The standard InChI is InChI=1S/C22H32BrF3N2O/c1-29-20-2-3-21(23)19(15-20)14-18-7-10-27(11-8-18)9-4-17-5-12-28(13-6-17)16-22(24,25)26/h2-3,15,17-18H,4-14,16H2,1H3. The van der Waals surface area contributed by atoms with Gasteiger partial charge in [-0.25, -0.2) is 0 Å². The highest BCUT2D eigenvalue weighted by molar-refractivity contribution is 9.10. The molecule has 0 radical (unpaired) electrons. The van der Waals surface area contributed by atoms with E-state index >= 15 is 0 Å². The Morgan fingerprint density at radius 2 is 1.62 bits per heavy atom. The molecule has 0 amide bonds. The Balaban J connectivity index is 1.35. The van der Waals surface area contributed by atoms with Gasteiger partial charge in [-0.15, -0.1) is 0 Å². The average molecular weight is 477 g/mol. The lowest BCUT2D eigenvalue weighted by atomic mass is 9.89. The van der Waals surface area contributed by atoms with E-state index in [9.17, 15) is 13.2 Å². The maximum Gasteiger partial charge on any atom is 0.401 e. The monoisotopic (exact) mass is 476 g/mol. The molecule has 0 aliphatic carbocycles. The Morgan fingerprint density at radius 3 is 2.24 bits per heavy atom. The Bertz CT molecular complexity index is 639. The summed E-state index contributed by atoms with van der Waals surface area (Å²) in [7, 11) is 1.70. The van der Waals surface area contributed by atoms with E-state index in [-0.39, 0.29) is 0 Å². The summed E-state index contributed by atoms with van der Waals surface area (Å²) in [5.74, 6) is 2.17. The molecule has 0 atom stereocenters. The normalized spacial score (nSPS) is 20.9. The number of likely N-dealkylation sites (tertiary alicyclic amines) is 2. The Morgan fingerprint density at radius 1 is 1.00 bits per heavy atom. The molecule has 0 N–H and O–H groups in total. The summed E-state index contributed by atoms with van der Waals surface area (Å²) < 4.78 is 44.0. The number of hydrogen-bond acceptors (Lipinski definition) is 3. The van der Waals surface area contributed by atoms with Gasteiger partial charge in [0.15, 0.2) is 0 Å². The van der Waals surface area contributed by atoms with Crippen LogP contribution in [0.1, 0.15) is 37.7 Å². The van der Waals surface area contributed by atoms with E-state index < -0.39 is 12.7 Å². The fourth-order valence-corrected chi connectivity index (χ4v) is 5.02. The molecule has 2 aliphatic rings. The number of alkyl halides is 3. The second-order valence-electron chi connectivity index (χ2n) is 8.57. The number of rotatable bonds is 7. The summed E-state index contributed by atoms with van der Waals surface area (Å²) in [4.78, 5) is 4.10. The fraction of sp³-hybridized carbons (Fsp3) is 0.727. The molecule has 2 heterocycles. The zero-order valence-electron chi connectivity index (χ0n) is 17.2. The molecule has 0 unspecified atom stereocenters. The molecule has 3 rings (SSSR count). The largest absolute Gasteiger partial charge is 0.497 e. The maximum absolute atomic E-state index is 12.5. The highest BCUT2D eigenvalue weighted by Gasteiger charge is 2.32. The Hall–Kier alpha value is -0.790. The summed E-state index contributed by atoms with van der Waals surface area (Å²) in [6.07, 6.45) is 2.32. The minimum absolute atomic E-state index is 0.574. The summed E-state index contributed by atoms with van der Waals surface area (Å²) in [6.45, 7) is 3.75.